The van der Waals surface area contributed by atoms with Crippen molar-refractivity contribution in [3.8, 4) is 0 Å². The molecule has 6 heteroatoms. The van der Waals surface area contributed by atoms with Crippen LogP contribution in [0.25, 0.3) is 0 Å². The first-order valence-electron chi connectivity index (χ1n) is 11.0. The zero-order valence-corrected chi connectivity index (χ0v) is 21.5. The molecule has 0 fully saturated rings. The van der Waals surface area contributed by atoms with Gasteiger partial charge >= 0.3 is 0 Å². The highest BCUT2D eigenvalue weighted by atomic mass is 127. The second-order valence-electron chi connectivity index (χ2n) is 7.88. The van der Waals surface area contributed by atoms with Crippen molar-refractivity contribution >= 4 is 40.9 Å². The summed E-state index contributed by atoms with van der Waals surface area (Å²) in [7, 11) is 0. The number of amides is 1. The van der Waals surface area contributed by atoms with Gasteiger partial charge in [0.05, 0.1) is 12.1 Å². The van der Waals surface area contributed by atoms with Gasteiger partial charge in [0.15, 0.2) is 0 Å². The van der Waals surface area contributed by atoms with Gasteiger partial charge in [-0.25, -0.2) is 0 Å². The maximum Gasteiger partial charge on any atom is 0.223 e. The lowest BCUT2D eigenvalue weighted by atomic mass is 9.96. The molecular formula is C25H36ClIN2O2. The van der Waals surface area contributed by atoms with Gasteiger partial charge in [-0.15, -0.1) is 12.4 Å². The number of nitrogens with one attached hydrogen (secondary N) is 2. The molecule has 4 nitrogen and oxygen atoms in total. The molecular weight excluding hydrogens is 523 g/mol. The predicted octanol–water partition coefficient (Wildman–Crippen LogP) is 5.11. The molecule has 0 saturated heterocycles. The fourth-order valence-corrected chi connectivity index (χ4v) is 4.18. The molecule has 0 aliphatic rings. The summed E-state index contributed by atoms with van der Waals surface area (Å²) in [6.45, 7) is 5.32. The van der Waals surface area contributed by atoms with E-state index in [0.29, 0.717) is 19.5 Å². The lowest BCUT2D eigenvalue weighted by Crippen LogP contribution is -2.50. The van der Waals surface area contributed by atoms with Gasteiger partial charge in [0.1, 0.15) is 0 Å². The Kier molecular flexibility index (Phi) is 14.0. The molecule has 3 N–H and O–H groups in total. The number of carbonyl (C=O) groups excluding carboxylic acids is 1. The van der Waals surface area contributed by atoms with Crippen LogP contribution in [0, 0.1) is 9.49 Å². The minimum Gasteiger partial charge on any atom is -0.390 e. The Morgan fingerprint density at radius 1 is 1.06 bits per heavy atom. The van der Waals surface area contributed by atoms with E-state index in [9.17, 15) is 9.90 Å². The maximum absolute atomic E-state index is 12.9. The number of benzene rings is 2. The van der Waals surface area contributed by atoms with E-state index in [2.05, 4.69) is 65.3 Å². The Morgan fingerprint density at radius 3 is 2.42 bits per heavy atom. The standard InChI is InChI=1S/C25H35IN2O2.ClH/c1-3-5-13-21(4-2)25(30)28-23(16-19-10-7-6-8-11-19)24(29)18-27-17-20-12-9-14-22(26)15-20;/h6-12,14-15,21,23-24,27,29H,3-5,13,16-18H2,1-2H3,(H,28,30);1H/t21?,23-,24+;/m0./s1. The van der Waals surface area contributed by atoms with Gasteiger partial charge < -0.3 is 15.7 Å². The molecule has 31 heavy (non-hydrogen) atoms. The molecule has 0 spiro atoms. The zero-order chi connectivity index (χ0) is 21.8. The molecule has 2 aromatic carbocycles. The summed E-state index contributed by atoms with van der Waals surface area (Å²) in [5, 5.41) is 17.4. The number of unbranched alkanes of at least 4 members (excludes halogenated alkanes) is 1. The zero-order valence-electron chi connectivity index (χ0n) is 18.5. The molecule has 1 unspecified atom stereocenters. The quantitative estimate of drug-likeness (QED) is 0.300. The van der Waals surface area contributed by atoms with Crippen molar-refractivity contribution in [2.75, 3.05) is 6.54 Å². The molecule has 0 radical (unpaired) electrons. The topological polar surface area (TPSA) is 61.4 Å². The van der Waals surface area contributed by atoms with Crippen LogP contribution < -0.4 is 10.6 Å². The SMILES string of the molecule is CCCCC(CC)C(=O)N[C@@H](Cc1ccccc1)[C@H](O)CNCc1cccc(I)c1.Cl. The smallest absolute Gasteiger partial charge is 0.223 e. The number of hydrogen-bond donors (Lipinski definition) is 3. The van der Waals surface area contributed by atoms with Gasteiger partial charge in [-0.3, -0.25) is 4.79 Å². The Morgan fingerprint density at radius 2 is 1.77 bits per heavy atom. The minimum absolute atomic E-state index is 0. The first kappa shape index (κ1) is 27.9. The largest absolute Gasteiger partial charge is 0.390 e. The highest BCUT2D eigenvalue weighted by Crippen LogP contribution is 2.15. The summed E-state index contributed by atoms with van der Waals surface area (Å²) in [6.07, 6.45) is 3.81. The van der Waals surface area contributed by atoms with E-state index in [1.807, 2.05) is 36.4 Å². The van der Waals surface area contributed by atoms with Gasteiger partial charge in [0.2, 0.25) is 5.91 Å². The molecule has 1 amide bonds. The number of hydrogen-bond acceptors (Lipinski definition) is 3. The number of aliphatic hydroxyl groups excluding tert-OH is 1. The maximum atomic E-state index is 12.9. The van der Waals surface area contributed by atoms with Crippen LogP contribution in [0.2, 0.25) is 0 Å². The lowest BCUT2D eigenvalue weighted by molar-refractivity contribution is -0.127. The molecule has 0 aliphatic heterocycles. The van der Waals surface area contributed by atoms with Crippen LogP contribution in [-0.4, -0.2) is 29.7 Å². The van der Waals surface area contributed by atoms with Crippen LogP contribution in [0.4, 0.5) is 0 Å². The van der Waals surface area contributed by atoms with E-state index >= 15 is 0 Å². The number of rotatable bonds is 13. The number of halogens is 2. The first-order valence-corrected chi connectivity index (χ1v) is 12.1. The molecule has 0 heterocycles. The Labute approximate surface area is 207 Å². The monoisotopic (exact) mass is 558 g/mol. The molecule has 0 bridgehead atoms. The number of aliphatic hydroxyl groups is 1. The highest BCUT2D eigenvalue weighted by Gasteiger charge is 2.25. The third-order valence-corrected chi connectivity index (χ3v) is 6.10. The van der Waals surface area contributed by atoms with E-state index in [-0.39, 0.29) is 30.3 Å². The summed E-state index contributed by atoms with van der Waals surface area (Å²) in [5.41, 5.74) is 2.30. The fourth-order valence-electron chi connectivity index (χ4n) is 3.58. The van der Waals surface area contributed by atoms with Gasteiger partial charge in [0.25, 0.3) is 0 Å². The number of carbonyl (C=O) groups is 1. The predicted molar refractivity (Wildman–Crippen MR) is 140 cm³/mol. The summed E-state index contributed by atoms with van der Waals surface area (Å²) < 4.78 is 1.19. The molecule has 172 valence electrons. The first-order chi connectivity index (χ1) is 14.5. The van der Waals surface area contributed by atoms with E-state index in [1.165, 1.54) is 9.13 Å². The lowest BCUT2D eigenvalue weighted by Gasteiger charge is -2.27. The normalized spacial score (nSPS) is 13.7. The van der Waals surface area contributed by atoms with Crippen molar-refractivity contribution in [3.05, 3.63) is 69.3 Å². The van der Waals surface area contributed by atoms with Crippen LogP contribution in [0.1, 0.15) is 50.7 Å². The van der Waals surface area contributed by atoms with Crippen LogP contribution in [0.3, 0.4) is 0 Å². The van der Waals surface area contributed by atoms with Crippen LogP contribution in [0.5, 0.6) is 0 Å². The van der Waals surface area contributed by atoms with Gasteiger partial charge in [-0.05, 0) is 65.1 Å². The molecule has 0 aromatic heterocycles. The Balaban J connectivity index is 0.00000480. The third-order valence-electron chi connectivity index (χ3n) is 5.43. The third kappa shape index (κ3) is 10.3. The van der Waals surface area contributed by atoms with Gasteiger partial charge in [-0.1, -0.05) is 69.2 Å². The Hall–Kier alpha value is -1.15. The van der Waals surface area contributed by atoms with Gasteiger partial charge in [-0.2, -0.15) is 0 Å². The summed E-state index contributed by atoms with van der Waals surface area (Å²) in [4.78, 5) is 12.9. The Bertz CT molecular complexity index is 760. The van der Waals surface area contributed by atoms with Crippen molar-refractivity contribution in [2.24, 2.45) is 5.92 Å². The van der Waals surface area contributed by atoms with Crippen molar-refractivity contribution in [1.82, 2.24) is 10.6 Å². The average Bonchev–Trinajstić information content (AvgIpc) is 2.74. The van der Waals surface area contributed by atoms with E-state index in [1.54, 1.807) is 0 Å². The molecule has 0 saturated carbocycles. The molecule has 2 rings (SSSR count). The average molecular weight is 559 g/mol. The second-order valence-corrected chi connectivity index (χ2v) is 9.13. The van der Waals surface area contributed by atoms with E-state index in [4.69, 9.17) is 0 Å². The van der Waals surface area contributed by atoms with Crippen molar-refractivity contribution in [2.45, 2.75) is 64.6 Å². The van der Waals surface area contributed by atoms with Crippen LogP contribution in [-0.2, 0) is 17.8 Å². The van der Waals surface area contributed by atoms with Crippen LogP contribution >= 0.6 is 35.0 Å². The second kappa shape index (κ2) is 15.6. The van der Waals surface area contributed by atoms with Crippen molar-refractivity contribution in [1.29, 1.82) is 0 Å². The van der Waals surface area contributed by atoms with E-state index in [0.717, 1.165) is 31.2 Å². The summed E-state index contributed by atoms with van der Waals surface area (Å²) in [5.74, 6) is 0.0679. The van der Waals surface area contributed by atoms with Crippen molar-refractivity contribution < 1.29 is 9.90 Å². The highest BCUT2D eigenvalue weighted by molar-refractivity contribution is 14.1. The molecule has 2 aromatic rings. The van der Waals surface area contributed by atoms with Crippen LogP contribution in [0.15, 0.2) is 54.6 Å². The summed E-state index contributed by atoms with van der Waals surface area (Å²) in [6, 6.07) is 18.0. The summed E-state index contributed by atoms with van der Waals surface area (Å²) >= 11 is 2.30. The molecule has 3 atom stereocenters. The van der Waals surface area contributed by atoms with Gasteiger partial charge in [0, 0.05) is 22.6 Å². The fraction of sp³-hybridized carbons (Fsp3) is 0.480. The minimum atomic E-state index is -0.666. The van der Waals surface area contributed by atoms with E-state index < -0.39 is 6.10 Å². The van der Waals surface area contributed by atoms with Crippen molar-refractivity contribution in [3.63, 3.8) is 0 Å². The molecule has 0 aliphatic carbocycles.